The van der Waals surface area contributed by atoms with Gasteiger partial charge in [0.05, 0.1) is 0 Å². The first-order valence-electron chi connectivity index (χ1n) is 4.70. The molecule has 73 valence electrons. The van der Waals surface area contributed by atoms with Gasteiger partial charge in [0.1, 0.15) is 11.8 Å². The molecule has 0 spiro atoms. The molecule has 0 unspecified atom stereocenters. The van der Waals surface area contributed by atoms with Crippen molar-refractivity contribution in [2.24, 2.45) is 0 Å². The zero-order chi connectivity index (χ0) is 10.7. The Morgan fingerprint density at radius 3 is 2.67 bits per heavy atom. The highest BCUT2D eigenvalue weighted by atomic mass is 16.5. The van der Waals surface area contributed by atoms with Crippen molar-refractivity contribution in [3.63, 3.8) is 0 Å². The summed E-state index contributed by atoms with van der Waals surface area (Å²) in [4.78, 5) is 0. The van der Waals surface area contributed by atoms with Crippen LogP contribution < -0.4 is 4.74 Å². The zero-order valence-electron chi connectivity index (χ0n) is 8.40. The predicted molar refractivity (Wildman–Crippen MR) is 59.1 cm³/mol. The molecule has 0 N–H and O–H groups in total. The van der Waals surface area contributed by atoms with Crippen molar-refractivity contribution in [3.05, 3.63) is 48.6 Å². The van der Waals surface area contributed by atoms with Crippen LogP contribution in [-0.4, -0.2) is 0 Å². The van der Waals surface area contributed by atoms with E-state index in [2.05, 4.69) is 0 Å². The van der Waals surface area contributed by atoms with Gasteiger partial charge in [-0.3, -0.25) is 0 Å². The first-order valence-corrected chi connectivity index (χ1v) is 4.70. The monoisotopic (exact) mass is 196 g/mol. The number of nitriles is 1. The Morgan fingerprint density at radius 1 is 1.13 bits per heavy atom. The lowest BCUT2D eigenvalue weighted by Gasteiger charge is -2.08. The number of rotatable bonds is 2. The standard InChI is InChI=1S/C13H10NO/c1-10(9-14)15-13-8-4-6-11-5-2-3-7-12(11)13/h2-8H,1H3. The van der Waals surface area contributed by atoms with E-state index in [9.17, 15) is 0 Å². The summed E-state index contributed by atoms with van der Waals surface area (Å²) in [5, 5.41) is 10.8. The molecule has 0 aliphatic heterocycles. The Bertz CT molecular complexity index is 508. The minimum Gasteiger partial charge on any atom is -0.467 e. The van der Waals surface area contributed by atoms with E-state index in [1.54, 1.807) is 6.92 Å². The second-order valence-corrected chi connectivity index (χ2v) is 3.25. The normalized spacial score (nSPS) is 10.2. The molecule has 2 aromatic rings. The molecule has 1 radical (unpaired) electrons. The van der Waals surface area contributed by atoms with Crippen molar-refractivity contribution >= 4 is 10.8 Å². The van der Waals surface area contributed by atoms with E-state index in [0.29, 0.717) is 6.10 Å². The molecule has 0 aliphatic carbocycles. The van der Waals surface area contributed by atoms with Crippen LogP contribution in [0.3, 0.4) is 0 Å². The summed E-state index contributed by atoms with van der Waals surface area (Å²) in [7, 11) is 0. The average Bonchev–Trinajstić information content (AvgIpc) is 2.29. The van der Waals surface area contributed by atoms with Gasteiger partial charge in [0.2, 0.25) is 6.10 Å². The fourth-order valence-electron chi connectivity index (χ4n) is 1.47. The van der Waals surface area contributed by atoms with Crippen LogP contribution in [0.5, 0.6) is 5.75 Å². The third-order valence-corrected chi connectivity index (χ3v) is 2.17. The van der Waals surface area contributed by atoms with Gasteiger partial charge in [0.25, 0.3) is 0 Å². The maximum Gasteiger partial charge on any atom is 0.243 e. The van der Waals surface area contributed by atoms with Crippen molar-refractivity contribution in [3.8, 4) is 11.8 Å². The Hall–Kier alpha value is -2.01. The maximum absolute atomic E-state index is 8.66. The number of ether oxygens (including phenoxy) is 1. The van der Waals surface area contributed by atoms with E-state index in [0.717, 1.165) is 16.5 Å². The minimum absolute atomic E-state index is 0.353. The smallest absolute Gasteiger partial charge is 0.243 e. The quantitative estimate of drug-likeness (QED) is 0.738. The highest BCUT2D eigenvalue weighted by Crippen LogP contribution is 2.26. The zero-order valence-corrected chi connectivity index (χ0v) is 8.40. The number of benzene rings is 2. The van der Waals surface area contributed by atoms with E-state index in [1.807, 2.05) is 48.5 Å². The lowest BCUT2D eigenvalue weighted by Crippen LogP contribution is -1.98. The summed E-state index contributed by atoms with van der Waals surface area (Å²) in [5.41, 5.74) is 0. The van der Waals surface area contributed by atoms with E-state index in [4.69, 9.17) is 10.00 Å². The molecule has 2 aromatic carbocycles. The van der Waals surface area contributed by atoms with Gasteiger partial charge in [-0.15, -0.1) is 0 Å². The van der Waals surface area contributed by atoms with Crippen LogP contribution in [0, 0.1) is 17.4 Å². The van der Waals surface area contributed by atoms with Gasteiger partial charge in [-0.2, -0.15) is 5.26 Å². The molecule has 0 heterocycles. The molecule has 2 nitrogen and oxygen atoms in total. The van der Waals surface area contributed by atoms with Crippen molar-refractivity contribution in [2.75, 3.05) is 0 Å². The van der Waals surface area contributed by atoms with Crippen molar-refractivity contribution < 1.29 is 4.74 Å². The summed E-state index contributed by atoms with van der Waals surface area (Å²) in [6, 6.07) is 15.7. The minimum atomic E-state index is 0.353. The topological polar surface area (TPSA) is 33.0 Å². The second-order valence-electron chi connectivity index (χ2n) is 3.25. The fraction of sp³-hybridized carbons (Fsp3) is 0.0769. The SMILES string of the molecule is C[C](C#N)Oc1cccc2ccccc12. The summed E-state index contributed by atoms with van der Waals surface area (Å²) >= 11 is 0. The van der Waals surface area contributed by atoms with E-state index in [-0.39, 0.29) is 0 Å². The van der Waals surface area contributed by atoms with Crippen LogP contribution in [0.4, 0.5) is 0 Å². The van der Waals surface area contributed by atoms with Crippen molar-refractivity contribution in [2.45, 2.75) is 6.92 Å². The molecule has 0 aromatic heterocycles. The molecule has 0 fully saturated rings. The lowest BCUT2D eigenvalue weighted by atomic mass is 10.1. The summed E-state index contributed by atoms with van der Waals surface area (Å²) in [5.74, 6) is 0.729. The van der Waals surface area contributed by atoms with Crippen LogP contribution in [0.2, 0.25) is 0 Å². The van der Waals surface area contributed by atoms with Crippen molar-refractivity contribution in [1.29, 1.82) is 5.26 Å². The fourth-order valence-corrected chi connectivity index (χ4v) is 1.47. The summed E-state index contributed by atoms with van der Waals surface area (Å²) in [6.45, 7) is 1.65. The number of nitrogens with zero attached hydrogens (tertiary/aromatic N) is 1. The van der Waals surface area contributed by atoms with Gasteiger partial charge < -0.3 is 4.74 Å². The largest absolute Gasteiger partial charge is 0.467 e. The molecule has 0 amide bonds. The number of fused-ring (bicyclic) bond motifs is 1. The molecule has 0 aliphatic rings. The summed E-state index contributed by atoms with van der Waals surface area (Å²) in [6.07, 6.45) is 0.353. The third kappa shape index (κ3) is 1.92. The van der Waals surface area contributed by atoms with Crippen LogP contribution in [0.25, 0.3) is 10.8 Å². The Balaban J connectivity index is 2.48. The molecule has 0 bridgehead atoms. The van der Waals surface area contributed by atoms with E-state index in [1.165, 1.54) is 0 Å². The molecule has 0 saturated carbocycles. The molecule has 2 heteroatoms. The number of hydrogen-bond acceptors (Lipinski definition) is 2. The molecular weight excluding hydrogens is 186 g/mol. The highest BCUT2D eigenvalue weighted by molar-refractivity contribution is 5.88. The molecule has 0 atom stereocenters. The Morgan fingerprint density at radius 2 is 1.87 bits per heavy atom. The van der Waals surface area contributed by atoms with Crippen LogP contribution in [0.15, 0.2) is 42.5 Å². The maximum atomic E-state index is 8.66. The third-order valence-electron chi connectivity index (χ3n) is 2.17. The van der Waals surface area contributed by atoms with E-state index < -0.39 is 0 Å². The van der Waals surface area contributed by atoms with Crippen LogP contribution in [-0.2, 0) is 0 Å². The van der Waals surface area contributed by atoms with Crippen LogP contribution in [0.1, 0.15) is 6.92 Å². The van der Waals surface area contributed by atoms with Gasteiger partial charge in [0.15, 0.2) is 0 Å². The number of hydrogen-bond donors (Lipinski definition) is 0. The average molecular weight is 196 g/mol. The first kappa shape index (κ1) is 9.54. The second kappa shape index (κ2) is 4.02. The van der Waals surface area contributed by atoms with Gasteiger partial charge in [-0.25, -0.2) is 0 Å². The van der Waals surface area contributed by atoms with Gasteiger partial charge in [-0.05, 0) is 18.4 Å². The van der Waals surface area contributed by atoms with Gasteiger partial charge in [0, 0.05) is 5.39 Å². The predicted octanol–water partition coefficient (Wildman–Crippen LogP) is 3.29. The summed E-state index contributed by atoms with van der Waals surface area (Å²) < 4.78 is 5.43. The van der Waals surface area contributed by atoms with Gasteiger partial charge in [-0.1, -0.05) is 36.4 Å². The molecular formula is C13H10NO. The lowest BCUT2D eigenvalue weighted by molar-refractivity contribution is 0.376. The Kier molecular flexibility index (Phi) is 2.55. The van der Waals surface area contributed by atoms with Gasteiger partial charge >= 0.3 is 0 Å². The first-order chi connectivity index (χ1) is 7.31. The molecule has 15 heavy (non-hydrogen) atoms. The van der Waals surface area contributed by atoms with Crippen LogP contribution >= 0.6 is 0 Å². The molecule has 0 saturated heterocycles. The van der Waals surface area contributed by atoms with Crippen molar-refractivity contribution in [1.82, 2.24) is 0 Å². The van der Waals surface area contributed by atoms with E-state index >= 15 is 0 Å². The highest BCUT2D eigenvalue weighted by Gasteiger charge is 2.06. The molecule has 2 rings (SSSR count). The Labute approximate surface area is 88.7 Å².